The SMILES string of the molecule is O=S1(=O)C[C@]2(N3CCCCC3)CCCC[C@H]21. The average Bonchev–Trinajstić information content (AvgIpc) is 2.29. The molecule has 3 nitrogen and oxygen atoms in total. The molecule has 0 aromatic rings. The zero-order valence-corrected chi connectivity index (χ0v) is 10.6. The van der Waals surface area contributed by atoms with Crippen LogP contribution in [0.1, 0.15) is 44.9 Å². The van der Waals surface area contributed by atoms with Crippen LogP contribution in [0.2, 0.25) is 0 Å². The lowest BCUT2D eigenvalue weighted by Gasteiger charge is -2.58. The van der Waals surface area contributed by atoms with E-state index in [1.54, 1.807) is 0 Å². The summed E-state index contributed by atoms with van der Waals surface area (Å²) in [5.74, 6) is 0.449. The second kappa shape index (κ2) is 3.70. The molecule has 0 aromatic carbocycles. The van der Waals surface area contributed by atoms with Crippen molar-refractivity contribution in [2.45, 2.75) is 55.7 Å². The number of nitrogens with zero attached hydrogens (tertiary/aromatic N) is 1. The number of fused-ring (bicyclic) bond motifs is 1. The molecule has 92 valence electrons. The van der Waals surface area contributed by atoms with Crippen molar-refractivity contribution in [1.29, 1.82) is 0 Å². The highest BCUT2D eigenvalue weighted by atomic mass is 32.2. The third-order valence-corrected chi connectivity index (χ3v) is 7.24. The van der Waals surface area contributed by atoms with Gasteiger partial charge in [0.15, 0.2) is 9.84 Å². The molecular formula is C12H21NO2S. The van der Waals surface area contributed by atoms with E-state index in [0.717, 1.165) is 32.4 Å². The van der Waals surface area contributed by atoms with Crippen molar-refractivity contribution in [3.63, 3.8) is 0 Å². The van der Waals surface area contributed by atoms with Crippen LogP contribution in [0.25, 0.3) is 0 Å². The van der Waals surface area contributed by atoms with Crippen LogP contribution in [0.4, 0.5) is 0 Å². The Kier molecular flexibility index (Phi) is 2.55. The summed E-state index contributed by atoms with van der Waals surface area (Å²) in [4.78, 5) is 2.52. The smallest absolute Gasteiger partial charge is 0.156 e. The van der Waals surface area contributed by atoms with Crippen molar-refractivity contribution in [1.82, 2.24) is 4.90 Å². The summed E-state index contributed by atoms with van der Waals surface area (Å²) in [5.41, 5.74) is 0.0670. The number of hydrogen-bond donors (Lipinski definition) is 0. The van der Waals surface area contributed by atoms with Gasteiger partial charge in [-0.2, -0.15) is 0 Å². The van der Waals surface area contributed by atoms with Gasteiger partial charge in [0, 0.05) is 0 Å². The first kappa shape index (κ1) is 11.0. The lowest BCUT2D eigenvalue weighted by atomic mass is 9.79. The summed E-state index contributed by atoms with van der Waals surface area (Å²) < 4.78 is 23.7. The van der Waals surface area contributed by atoms with Crippen molar-refractivity contribution in [2.24, 2.45) is 0 Å². The zero-order valence-electron chi connectivity index (χ0n) is 9.82. The quantitative estimate of drug-likeness (QED) is 0.702. The van der Waals surface area contributed by atoms with Crippen molar-refractivity contribution in [3.8, 4) is 0 Å². The molecular weight excluding hydrogens is 222 g/mol. The van der Waals surface area contributed by atoms with Gasteiger partial charge in [-0.3, -0.25) is 4.90 Å². The minimum absolute atomic E-state index is 0.0214. The van der Waals surface area contributed by atoms with Gasteiger partial charge in [-0.1, -0.05) is 19.3 Å². The third kappa shape index (κ3) is 1.46. The molecule has 0 bridgehead atoms. The summed E-state index contributed by atoms with van der Waals surface area (Å²) in [6.45, 7) is 2.26. The molecule has 1 aliphatic carbocycles. The first-order valence-corrected chi connectivity index (χ1v) is 8.33. The van der Waals surface area contributed by atoms with Gasteiger partial charge in [-0.15, -0.1) is 0 Å². The first-order chi connectivity index (χ1) is 7.65. The molecule has 0 N–H and O–H groups in total. The Bertz CT molecular complexity index is 372. The second-order valence-electron chi connectivity index (χ2n) is 5.69. The molecule has 1 saturated carbocycles. The number of hydrogen-bond acceptors (Lipinski definition) is 3. The van der Waals surface area contributed by atoms with Crippen LogP contribution in [-0.4, -0.2) is 42.9 Å². The van der Waals surface area contributed by atoms with E-state index in [0.29, 0.717) is 5.75 Å². The van der Waals surface area contributed by atoms with Crippen LogP contribution in [0.15, 0.2) is 0 Å². The normalized spacial score (nSPS) is 43.4. The molecule has 0 spiro atoms. The van der Waals surface area contributed by atoms with E-state index >= 15 is 0 Å². The highest BCUT2D eigenvalue weighted by Crippen LogP contribution is 2.47. The maximum Gasteiger partial charge on any atom is 0.156 e. The summed E-state index contributed by atoms with van der Waals surface area (Å²) in [6, 6.07) is 0. The molecule has 2 heterocycles. The monoisotopic (exact) mass is 243 g/mol. The van der Waals surface area contributed by atoms with Crippen LogP contribution in [-0.2, 0) is 9.84 Å². The molecule has 0 radical (unpaired) electrons. The molecule has 2 aliphatic heterocycles. The topological polar surface area (TPSA) is 37.4 Å². The molecule has 2 saturated heterocycles. The van der Waals surface area contributed by atoms with Crippen LogP contribution >= 0.6 is 0 Å². The average molecular weight is 243 g/mol. The van der Waals surface area contributed by atoms with Gasteiger partial charge >= 0.3 is 0 Å². The van der Waals surface area contributed by atoms with Crippen LogP contribution < -0.4 is 0 Å². The lowest BCUT2D eigenvalue weighted by molar-refractivity contribution is 0.0387. The Labute approximate surface area is 98.1 Å². The minimum atomic E-state index is -2.73. The Balaban J connectivity index is 1.85. The van der Waals surface area contributed by atoms with E-state index in [9.17, 15) is 8.42 Å². The number of likely N-dealkylation sites (tertiary alicyclic amines) is 1. The predicted octanol–water partition coefficient (Wildman–Crippen LogP) is 1.58. The standard InChI is InChI=1S/C12H21NO2S/c14-16(15)10-12(7-3-2-6-11(12)16)13-8-4-1-5-9-13/h11H,1-10H2/t11-,12-/m1/s1. The van der Waals surface area contributed by atoms with Gasteiger partial charge in [0.1, 0.15) is 0 Å². The maximum atomic E-state index is 11.9. The first-order valence-electron chi connectivity index (χ1n) is 6.62. The Hall–Kier alpha value is -0.0900. The van der Waals surface area contributed by atoms with Gasteiger partial charge in [-0.25, -0.2) is 8.42 Å². The van der Waals surface area contributed by atoms with Crippen molar-refractivity contribution in [3.05, 3.63) is 0 Å². The van der Waals surface area contributed by atoms with E-state index in [1.807, 2.05) is 0 Å². The summed E-state index contributed by atoms with van der Waals surface area (Å²) in [7, 11) is -2.73. The van der Waals surface area contributed by atoms with E-state index in [4.69, 9.17) is 0 Å². The van der Waals surface area contributed by atoms with E-state index in [2.05, 4.69) is 4.90 Å². The molecule has 4 heteroatoms. The zero-order chi connectivity index (χ0) is 11.2. The van der Waals surface area contributed by atoms with Crippen LogP contribution in [0.5, 0.6) is 0 Å². The highest BCUT2D eigenvalue weighted by molar-refractivity contribution is 7.93. The highest BCUT2D eigenvalue weighted by Gasteiger charge is 2.61. The molecule has 16 heavy (non-hydrogen) atoms. The molecule has 3 aliphatic rings. The van der Waals surface area contributed by atoms with E-state index in [1.165, 1.54) is 25.7 Å². The van der Waals surface area contributed by atoms with Crippen LogP contribution in [0, 0.1) is 0 Å². The molecule has 2 atom stereocenters. The van der Waals surface area contributed by atoms with Crippen molar-refractivity contribution >= 4 is 9.84 Å². The fourth-order valence-electron chi connectivity index (χ4n) is 4.01. The van der Waals surface area contributed by atoms with Crippen molar-refractivity contribution < 1.29 is 8.42 Å². The number of piperidine rings is 1. The summed E-state index contributed by atoms with van der Waals surface area (Å²) in [6.07, 6.45) is 8.21. The summed E-state index contributed by atoms with van der Waals surface area (Å²) in [5, 5.41) is -0.0214. The Morgan fingerprint density at radius 3 is 2.44 bits per heavy atom. The van der Waals surface area contributed by atoms with E-state index < -0.39 is 9.84 Å². The number of sulfone groups is 1. The minimum Gasteiger partial charge on any atom is -0.295 e. The lowest BCUT2D eigenvalue weighted by Crippen LogP contribution is -2.73. The number of rotatable bonds is 1. The third-order valence-electron chi connectivity index (χ3n) is 4.80. The van der Waals surface area contributed by atoms with E-state index in [-0.39, 0.29) is 10.8 Å². The second-order valence-corrected chi connectivity index (χ2v) is 7.88. The van der Waals surface area contributed by atoms with Crippen molar-refractivity contribution in [2.75, 3.05) is 18.8 Å². The predicted molar refractivity (Wildman–Crippen MR) is 64.2 cm³/mol. The van der Waals surface area contributed by atoms with Gasteiger partial charge in [-0.05, 0) is 38.8 Å². The summed E-state index contributed by atoms with van der Waals surface area (Å²) >= 11 is 0. The Morgan fingerprint density at radius 2 is 1.75 bits per heavy atom. The fraction of sp³-hybridized carbons (Fsp3) is 1.00. The molecule has 0 amide bonds. The molecule has 0 aromatic heterocycles. The van der Waals surface area contributed by atoms with Gasteiger partial charge in [0.05, 0.1) is 16.5 Å². The van der Waals surface area contributed by atoms with Gasteiger partial charge < -0.3 is 0 Å². The fourth-order valence-corrected chi connectivity index (χ4v) is 6.68. The maximum absolute atomic E-state index is 11.9. The molecule has 3 fully saturated rings. The molecule has 3 rings (SSSR count). The van der Waals surface area contributed by atoms with Gasteiger partial charge in [0.2, 0.25) is 0 Å². The molecule has 0 unspecified atom stereocenters. The largest absolute Gasteiger partial charge is 0.295 e. The Morgan fingerprint density at radius 1 is 1.00 bits per heavy atom. The van der Waals surface area contributed by atoms with Gasteiger partial charge in [0.25, 0.3) is 0 Å². The van der Waals surface area contributed by atoms with Crippen LogP contribution in [0.3, 0.4) is 0 Å².